The quantitative estimate of drug-likeness (QED) is 0.550. The zero-order valence-corrected chi connectivity index (χ0v) is 17.5. The van der Waals surface area contributed by atoms with Gasteiger partial charge in [0.15, 0.2) is 4.34 Å². The Hall–Kier alpha value is -2.31. The summed E-state index contributed by atoms with van der Waals surface area (Å²) in [4.78, 5) is 19.3. The number of hydrogen-bond donors (Lipinski definition) is 1. The molecule has 0 radical (unpaired) electrons. The lowest BCUT2D eigenvalue weighted by atomic mass is 10.1. The average molecular weight is 410 g/mol. The van der Waals surface area contributed by atoms with Crippen molar-refractivity contribution in [3.05, 3.63) is 59.5 Å². The van der Waals surface area contributed by atoms with Crippen LogP contribution >= 0.6 is 23.1 Å². The van der Waals surface area contributed by atoms with Gasteiger partial charge in [0.05, 0.1) is 11.4 Å². The number of anilines is 2. The Kier molecular flexibility index (Phi) is 5.98. The molecule has 4 rings (SSSR count). The average Bonchev–Trinajstić information content (AvgIpc) is 3.40. The number of amides is 1. The van der Waals surface area contributed by atoms with E-state index in [0.717, 1.165) is 34.4 Å². The summed E-state index contributed by atoms with van der Waals surface area (Å²) in [5, 5.41) is 5.02. The molecule has 0 bridgehead atoms. The Morgan fingerprint density at radius 1 is 1.11 bits per heavy atom. The van der Waals surface area contributed by atoms with Gasteiger partial charge in [0.2, 0.25) is 5.91 Å². The van der Waals surface area contributed by atoms with Crippen LogP contribution in [0.2, 0.25) is 0 Å². The van der Waals surface area contributed by atoms with Gasteiger partial charge in [0, 0.05) is 35.4 Å². The van der Waals surface area contributed by atoms with Crippen LogP contribution in [-0.4, -0.2) is 29.7 Å². The van der Waals surface area contributed by atoms with Gasteiger partial charge in [-0.3, -0.25) is 4.79 Å². The fraction of sp³-hybridized carbons (Fsp3) is 0.273. The topological polar surface area (TPSA) is 45.2 Å². The molecule has 0 aliphatic carbocycles. The maximum absolute atomic E-state index is 12.3. The predicted molar refractivity (Wildman–Crippen MR) is 120 cm³/mol. The van der Waals surface area contributed by atoms with Crippen LogP contribution in [0.5, 0.6) is 0 Å². The highest BCUT2D eigenvalue weighted by atomic mass is 32.2. The molecular formula is C22H23N3OS2. The van der Waals surface area contributed by atoms with Crippen molar-refractivity contribution in [3.8, 4) is 11.3 Å². The lowest BCUT2D eigenvalue weighted by molar-refractivity contribution is -0.113. The van der Waals surface area contributed by atoms with E-state index in [2.05, 4.69) is 58.5 Å². The highest BCUT2D eigenvalue weighted by Gasteiger charge is 2.12. The summed E-state index contributed by atoms with van der Waals surface area (Å²) in [6, 6.07) is 16.5. The highest BCUT2D eigenvalue weighted by Crippen LogP contribution is 2.28. The molecule has 0 atom stereocenters. The van der Waals surface area contributed by atoms with E-state index < -0.39 is 0 Å². The lowest BCUT2D eigenvalue weighted by Gasteiger charge is -2.17. The molecule has 1 aliphatic heterocycles. The second kappa shape index (κ2) is 8.80. The molecule has 144 valence electrons. The summed E-state index contributed by atoms with van der Waals surface area (Å²) in [5.74, 6) is 0.348. The number of rotatable bonds is 6. The smallest absolute Gasteiger partial charge is 0.234 e. The van der Waals surface area contributed by atoms with E-state index in [9.17, 15) is 4.79 Å². The van der Waals surface area contributed by atoms with E-state index in [1.54, 1.807) is 11.3 Å². The van der Waals surface area contributed by atoms with Gasteiger partial charge in [0.25, 0.3) is 0 Å². The second-order valence-corrected chi connectivity index (χ2v) is 9.02. The number of nitrogens with one attached hydrogen (secondary N) is 1. The van der Waals surface area contributed by atoms with Crippen LogP contribution in [0.1, 0.15) is 18.4 Å². The number of thiazole rings is 1. The standard InChI is InChI=1S/C22H23N3OS2/c1-16-4-6-17(7-5-16)20-14-27-22(24-20)28-15-21(26)23-18-8-10-19(11-9-18)25-12-2-3-13-25/h4-11,14H,2-3,12-13,15H2,1H3,(H,23,26). The highest BCUT2D eigenvalue weighted by molar-refractivity contribution is 8.01. The molecule has 3 aromatic rings. The molecule has 0 spiro atoms. The van der Waals surface area contributed by atoms with Gasteiger partial charge in [-0.1, -0.05) is 41.6 Å². The molecule has 1 aromatic heterocycles. The number of thioether (sulfide) groups is 1. The van der Waals surface area contributed by atoms with Crippen molar-refractivity contribution in [2.24, 2.45) is 0 Å². The second-order valence-electron chi connectivity index (χ2n) is 6.94. The fourth-order valence-electron chi connectivity index (χ4n) is 3.24. The maximum Gasteiger partial charge on any atom is 0.234 e. The summed E-state index contributed by atoms with van der Waals surface area (Å²) < 4.78 is 0.912. The predicted octanol–water partition coefficient (Wildman–Crippen LogP) is 5.45. The maximum atomic E-state index is 12.3. The zero-order chi connectivity index (χ0) is 19.3. The molecule has 0 saturated carbocycles. The molecule has 2 aromatic carbocycles. The van der Waals surface area contributed by atoms with E-state index in [0.29, 0.717) is 5.75 Å². The summed E-state index contributed by atoms with van der Waals surface area (Å²) in [6.07, 6.45) is 2.52. The number of aromatic nitrogens is 1. The molecule has 4 nitrogen and oxygen atoms in total. The minimum Gasteiger partial charge on any atom is -0.372 e. The summed E-state index contributed by atoms with van der Waals surface area (Å²) in [6.45, 7) is 4.33. The van der Waals surface area contributed by atoms with E-state index in [-0.39, 0.29) is 5.91 Å². The van der Waals surface area contributed by atoms with Crippen molar-refractivity contribution in [2.75, 3.05) is 29.1 Å². The zero-order valence-electron chi connectivity index (χ0n) is 15.9. The van der Waals surface area contributed by atoms with Crippen molar-refractivity contribution >= 4 is 40.4 Å². The van der Waals surface area contributed by atoms with E-state index >= 15 is 0 Å². The fourth-order valence-corrected chi connectivity index (χ4v) is 4.87. The summed E-state index contributed by atoms with van der Waals surface area (Å²) in [5.41, 5.74) is 5.38. The van der Waals surface area contributed by atoms with E-state index in [1.807, 2.05) is 17.5 Å². The van der Waals surface area contributed by atoms with Crippen molar-refractivity contribution in [2.45, 2.75) is 24.1 Å². The Bertz CT molecular complexity index is 929. The minimum absolute atomic E-state index is 0.00833. The molecule has 1 saturated heterocycles. The number of nitrogens with zero attached hydrogens (tertiary/aromatic N) is 2. The first-order valence-electron chi connectivity index (χ1n) is 9.47. The van der Waals surface area contributed by atoms with Crippen LogP contribution in [-0.2, 0) is 4.79 Å². The van der Waals surface area contributed by atoms with Crippen molar-refractivity contribution in [1.29, 1.82) is 0 Å². The molecule has 1 N–H and O–H groups in total. The third-order valence-electron chi connectivity index (χ3n) is 4.78. The van der Waals surface area contributed by atoms with Gasteiger partial charge in [-0.15, -0.1) is 11.3 Å². The summed E-state index contributed by atoms with van der Waals surface area (Å²) in [7, 11) is 0. The van der Waals surface area contributed by atoms with Crippen LogP contribution in [0.25, 0.3) is 11.3 Å². The van der Waals surface area contributed by atoms with Gasteiger partial charge in [-0.05, 0) is 44.0 Å². The Balaban J connectivity index is 1.29. The normalized spacial score (nSPS) is 13.7. The summed E-state index contributed by atoms with van der Waals surface area (Å²) >= 11 is 3.06. The van der Waals surface area contributed by atoms with Crippen LogP contribution in [0.3, 0.4) is 0 Å². The largest absolute Gasteiger partial charge is 0.372 e. The van der Waals surface area contributed by atoms with Gasteiger partial charge < -0.3 is 10.2 Å². The van der Waals surface area contributed by atoms with Crippen LogP contribution in [0.15, 0.2) is 58.3 Å². The van der Waals surface area contributed by atoms with Crippen molar-refractivity contribution in [3.63, 3.8) is 0 Å². The molecule has 1 amide bonds. The Morgan fingerprint density at radius 2 is 1.82 bits per heavy atom. The Morgan fingerprint density at radius 3 is 2.54 bits per heavy atom. The molecule has 1 fully saturated rings. The third kappa shape index (κ3) is 4.75. The number of hydrogen-bond acceptors (Lipinski definition) is 5. The molecule has 2 heterocycles. The molecule has 28 heavy (non-hydrogen) atoms. The van der Waals surface area contributed by atoms with Crippen LogP contribution in [0.4, 0.5) is 11.4 Å². The van der Waals surface area contributed by atoms with Gasteiger partial charge >= 0.3 is 0 Å². The first-order chi connectivity index (χ1) is 13.7. The minimum atomic E-state index is -0.00833. The first kappa shape index (κ1) is 19.0. The van der Waals surface area contributed by atoms with Gasteiger partial charge in [-0.25, -0.2) is 4.98 Å². The first-order valence-corrected chi connectivity index (χ1v) is 11.3. The van der Waals surface area contributed by atoms with Gasteiger partial charge in [0.1, 0.15) is 0 Å². The molecule has 1 aliphatic rings. The third-order valence-corrected chi connectivity index (χ3v) is 6.80. The molecule has 6 heteroatoms. The number of benzene rings is 2. The number of carbonyl (C=O) groups is 1. The van der Waals surface area contributed by atoms with Crippen LogP contribution < -0.4 is 10.2 Å². The van der Waals surface area contributed by atoms with E-state index in [1.165, 1.54) is 35.9 Å². The monoisotopic (exact) mass is 409 g/mol. The molecular weight excluding hydrogens is 386 g/mol. The lowest BCUT2D eigenvalue weighted by Crippen LogP contribution is -2.18. The van der Waals surface area contributed by atoms with Crippen molar-refractivity contribution < 1.29 is 4.79 Å². The van der Waals surface area contributed by atoms with Crippen molar-refractivity contribution in [1.82, 2.24) is 4.98 Å². The SMILES string of the molecule is Cc1ccc(-c2csc(SCC(=O)Nc3ccc(N4CCCC4)cc3)n2)cc1. The molecule has 0 unspecified atom stereocenters. The Labute approximate surface area is 174 Å². The van der Waals surface area contributed by atoms with Crippen LogP contribution in [0, 0.1) is 6.92 Å². The number of aryl methyl sites for hydroxylation is 1. The van der Waals surface area contributed by atoms with Gasteiger partial charge in [-0.2, -0.15) is 0 Å². The number of carbonyl (C=O) groups excluding carboxylic acids is 1. The van der Waals surface area contributed by atoms with E-state index in [4.69, 9.17) is 0 Å².